The van der Waals surface area contributed by atoms with Gasteiger partial charge in [0.25, 0.3) is 5.56 Å². The molecule has 1 N–H and O–H groups in total. The van der Waals surface area contributed by atoms with E-state index in [2.05, 4.69) is 25.8 Å². The maximum Gasteiger partial charge on any atom is 0.328 e. The summed E-state index contributed by atoms with van der Waals surface area (Å²) in [5.41, 5.74) is 0.338. The number of Topliss-reactive ketones (excluding diaryl/α,β-unsaturated/α-hetero) is 1. The average molecular weight is 474 g/mol. The molecule has 0 spiro atoms. The maximum atomic E-state index is 13.3. The molecule has 2 aromatic carbocycles. The van der Waals surface area contributed by atoms with Crippen molar-refractivity contribution >= 4 is 32.6 Å². The molecular weight excluding hydrogens is 453 g/mol. The number of para-hydroxylation sites is 1. The summed E-state index contributed by atoms with van der Waals surface area (Å²) in [6.45, 7) is 2.26. The second-order valence-corrected chi connectivity index (χ2v) is 8.39. The van der Waals surface area contributed by atoms with Crippen LogP contribution in [0.1, 0.15) is 23.2 Å². The highest BCUT2D eigenvalue weighted by atomic mass is 79.9. The minimum Gasteiger partial charge on any atom is -0.307 e. The highest BCUT2D eigenvalue weighted by molar-refractivity contribution is 9.10. The summed E-state index contributed by atoms with van der Waals surface area (Å²) in [6, 6.07) is 11.1. The monoisotopic (exact) mass is 473 g/mol. The summed E-state index contributed by atoms with van der Waals surface area (Å²) < 4.78 is 15.0. The molecule has 4 rings (SSSR count). The summed E-state index contributed by atoms with van der Waals surface area (Å²) >= 11 is 3.27. The molecule has 30 heavy (non-hydrogen) atoms. The van der Waals surface area contributed by atoms with Crippen molar-refractivity contribution in [2.45, 2.75) is 19.4 Å². The van der Waals surface area contributed by atoms with Gasteiger partial charge in [0, 0.05) is 29.0 Å². The van der Waals surface area contributed by atoms with Crippen molar-refractivity contribution in [3.8, 4) is 0 Å². The van der Waals surface area contributed by atoms with Crippen LogP contribution in [0, 0.1) is 11.7 Å². The van der Waals surface area contributed by atoms with Gasteiger partial charge < -0.3 is 9.88 Å². The molecule has 1 aliphatic heterocycles. The molecule has 1 saturated heterocycles. The summed E-state index contributed by atoms with van der Waals surface area (Å²) in [7, 11) is 0. The van der Waals surface area contributed by atoms with Gasteiger partial charge in [-0.15, -0.1) is 0 Å². The Bertz CT molecular complexity index is 1210. The Balaban J connectivity index is 1.39. The number of aromatic nitrogens is 2. The van der Waals surface area contributed by atoms with Crippen LogP contribution in [0.2, 0.25) is 0 Å². The lowest BCUT2D eigenvalue weighted by atomic mass is 9.89. The Morgan fingerprint density at radius 3 is 2.57 bits per heavy atom. The highest BCUT2D eigenvalue weighted by Crippen LogP contribution is 2.26. The number of halogens is 2. The Labute approximate surface area is 180 Å². The zero-order chi connectivity index (χ0) is 21.3. The van der Waals surface area contributed by atoms with Crippen LogP contribution in [0.5, 0.6) is 0 Å². The number of carbonyl (C=O) groups excluding carboxylic acids is 1. The number of nitrogens with zero attached hydrogens (tertiary/aromatic N) is 2. The van der Waals surface area contributed by atoms with Crippen LogP contribution in [0.25, 0.3) is 10.9 Å². The molecule has 6 nitrogen and oxygen atoms in total. The van der Waals surface area contributed by atoms with E-state index in [4.69, 9.17) is 0 Å². The van der Waals surface area contributed by atoms with Crippen LogP contribution in [0.15, 0.2) is 56.5 Å². The zero-order valence-electron chi connectivity index (χ0n) is 16.2. The van der Waals surface area contributed by atoms with Gasteiger partial charge in [-0.3, -0.25) is 14.2 Å². The van der Waals surface area contributed by atoms with Crippen LogP contribution in [-0.4, -0.2) is 39.9 Å². The molecule has 0 bridgehead atoms. The fraction of sp³-hybridized carbons (Fsp3) is 0.318. The number of piperidine rings is 1. The van der Waals surface area contributed by atoms with Gasteiger partial charge in [0.15, 0.2) is 5.78 Å². The van der Waals surface area contributed by atoms with Gasteiger partial charge >= 0.3 is 5.69 Å². The average Bonchev–Trinajstić information content (AvgIpc) is 2.73. The van der Waals surface area contributed by atoms with Crippen LogP contribution >= 0.6 is 15.9 Å². The topological polar surface area (TPSA) is 75.2 Å². The van der Waals surface area contributed by atoms with Gasteiger partial charge in [-0.05, 0) is 72.2 Å². The molecule has 0 amide bonds. The second kappa shape index (κ2) is 8.65. The lowest BCUT2D eigenvalue weighted by Gasteiger charge is -2.31. The molecule has 3 aromatic rings. The first-order valence-electron chi connectivity index (χ1n) is 9.87. The van der Waals surface area contributed by atoms with Gasteiger partial charge in [-0.1, -0.05) is 12.1 Å². The van der Waals surface area contributed by atoms with Crippen LogP contribution in [0.4, 0.5) is 4.39 Å². The van der Waals surface area contributed by atoms with Gasteiger partial charge in [-0.2, -0.15) is 0 Å². The summed E-state index contributed by atoms with van der Waals surface area (Å²) in [4.78, 5) is 42.6. The quantitative estimate of drug-likeness (QED) is 0.577. The molecule has 0 atom stereocenters. The second-order valence-electron chi connectivity index (χ2n) is 7.54. The highest BCUT2D eigenvalue weighted by Gasteiger charge is 2.27. The van der Waals surface area contributed by atoms with Gasteiger partial charge in [0.2, 0.25) is 0 Å². The molecule has 1 aromatic heterocycles. The van der Waals surface area contributed by atoms with E-state index in [1.807, 2.05) is 0 Å². The van der Waals surface area contributed by atoms with Crippen molar-refractivity contribution in [3.63, 3.8) is 0 Å². The third-order valence-corrected chi connectivity index (χ3v) is 6.34. The lowest BCUT2D eigenvalue weighted by Crippen LogP contribution is -2.42. The molecular formula is C22H21BrFN3O3. The SMILES string of the molecule is O=C(c1ccc(F)cc1Br)C1CCN(CCn2c(=O)[nH]c3ccccc3c2=O)CC1. The fourth-order valence-corrected chi connectivity index (χ4v) is 4.52. The van der Waals surface area contributed by atoms with Gasteiger partial charge in [-0.25, -0.2) is 9.18 Å². The lowest BCUT2D eigenvalue weighted by molar-refractivity contribution is 0.0836. The van der Waals surface area contributed by atoms with Crippen molar-refractivity contribution < 1.29 is 9.18 Å². The van der Waals surface area contributed by atoms with E-state index >= 15 is 0 Å². The van der Waals surface area contributed by atoms with E-state index in [9.17, 15) is 18.8 Å². The molecule has 2 heterocycles. The fourth-order valence-electron chi connectivity index (χ4n) is 3.97. The van der Waals surface area contributed by atoms with E-state index in [0.29, 0.717) is 60.0 Å². The van der Waals surface area contributed by atoms with Crippen LogP contribution in [-0.2, 0) is 6.54 Å². The van der Waals surface area contributed by atoms with Crippen molar-refractivity contribution in [1.82, 2.24) is 14.5 Å². The molecule has 8 heteroatoms. The Morgan fingerprint density at radius 1 is 1.10 bits per heavy atom. The Morgan fingerprint density at radius 2 is 1.83 bits per heavy atom. The van der Waals surface area contributed by atoms with Crippen LogP contribution in [0.3, 0.4) is 0 Å². The number of rotatable bonds is 5. The molecule has 1 aliphatic rings. The summed E-state index contributed by atoms with van der Waals surface area (Å²) in [6.07, 6.45) is 1.37. The first-order chi connectivity index (χ1) is 14.4. The molecule has 1 fully saturated rings. The number of aromatic amines is 1. The Hall–Kier alpha value is -2.58. The van der Waals surface area contributed by atoms with Crippen molar-refractivity contribution in [2.75, 3.05) is 19.6 Å². The third kappa shape index (κ3) is 4.15. The molecule has 0 saturated carbocycles. The number of ketones is 1. The molecule has 0 aliphatic carbocycles. The van der Waals surface area contributed by atoms with E-state index in [0.717, 1.165) is 0 Å². The van der Waals surface area contributed by atoms with E-state index in [1.165, 1.54) is 22.8 Å². The molecule has 0 unspecified atom stereocenters. The zero-order valence-corrected chi connectivity index (χ0v) is 17.8. The largest absolute Gasteiger partial charge is 0.328 e. The minimum atomic E-state index is -0.412. The van der Waals surface area contributed by atoms with E-state index < -0.39 is 5.69 Å². The van der Waals surface area contributed by atoms with Crippen LogP contribution < -0.4 is 11.2 Å². The first kappa shape index (κ1) is 20.7. The first-order valence-corrected chi connectivity index (χ1v) is 10.7. The maximum absolute atomic E-state index is 13.3. The van der Waals surface area contributed by atoms with E-state index in [1.54, 1.807) is 24.3 Å². The number of nitrogens with one attached hydrogen (secondary N) is 1. The third-order valence-electron chi connectivity index (χ3n) is 5.68. The predicted molar refractivity (Wildman–Crippen MR) is 116 cm³/mol. The van der Waals surface area contributed by atoms with E-state index in [-0.39, 0.29) is 23.1 Å². The van der Waals surface area contributed by atoms with Gasteiger partial charge in [0.05, 0.1) is 10.9 Å². The standard InChI is InChI=1S/C22H21BrFN3O3/c23-18-13-15(24)5-6-16(18)20(28)14-7-9-26(10-8-14)11-12-27-21(29)17-3-1-2-4-19(17)25-22(27)30/h1-6,13-14H,7-12H2,(H,25,30). The van der Waals surface area contributed by atoms with Gasteiger partial charge in [0.1, 0.15) is 5.82 Å². The molecule has 156 valence electrons. The normalized spacial score (nSPS) is 15.5. The number of H-pyrrole nitrogens is 1. The number of benzene rings is 2. The van der Waals surface area contributed by atoms with Crippen molar-refractivity contribution in [3.05, 3.63) is 79.2 Å². The van der Waals surface area contributed by atoms with Crippen molar-refractivity contribution in [2.24, 2.45) is 5.92 Å². The number of fused-ring (bicyclic) bond motifs is 1. The van der Waals surface area contributed by atoms with Crippen molar-refractivity contribution in [1.29, 1.82) is 0 Å². The minimum absolute atomic E-state index is 0.0173. The number of likely N-dealkylation sites (tertiary alicyclic amines) is 1. The number of hydrogen-bond acceptors (Lipinski definition) is 4. The predicted octanol–water partition coefficient (Wildman–Crippen LogP) is 3.19. The smallest absolute Gasteiger partial charge is 0.307 e. The molecule has 0 radical (unpaired) electrons. The summed E-state index contributed by atoms with van der Waals surface area (Å²) in [5.74, 6) is -0.481. The Kier molecular flexibility index (Phi) is 5.97. The summed E-state index contributed by atoms with van der Waals surface area (Å²) in [5, 5.41) is 0.492. The number of carbonyl (C=O) groups is 1. The number of hydrogen-bond donors (Lipinski definition) is 1.